The number of pyridine rings is 1. The second-order valence-corrected chi connectivity index (χ2v) is 3.29. The number of aromatic nitrogens is 1. The molecule has 1 rings (SSSR count). The molecule has 0 N–H and O–H groups in total. The van der Waals surface area contributed by atoms with E-state index in [1.165, 1.54) is 0 Å². The number of hydrogen-bond acceptors (Lipinski definition) is 2. The zero-order valence-electron chi connectivity index (χ0n) is 7.48. The van der Waals surface area contributed by atoms with Crippen LogP contribution in [0.25, 0.3) is 0 Å². The molecule has 80 valence electrons. The third-order valence-electron chi connectivity index (χ3n) is 1.82. The van der Waals surface area contributed by atoms with Crippen molar-refractivity contribution < 1.29 is 13.2 Å². The second-order valence-electron chi connectivity index (χ2n) is 2.73. The molecule has 0 saturated carbocycles. The van der Waals surface area contributed by atoms with E-state index in [-0.39, 0.29) is 23.0 Å². The fourth-order valence-corrected chi connectivity index (χ4v) is 1.57. The smallest absolute Gasteiger partial charge is 0.257 e. The van der Waals surface area contributed by atoms with E-state index in [9.17, 15) is 13.2 Å². The quantitative estimate of drug-likeness (QED) is 0.797. The topological polar surface area (TPSA) is 36.7 Å². The van der Waals surface area contributed by atoms with Crippen LogP contribution in [0.5, 0.6) is 0 Å². The molecule has 1 aromatic heterocycles. The average molecular weight is 279 g/mol. The molecule has 0 unspecified atom stereocenters. The van der Waals surface area contributed by atoms with E-state index < -0.39 is 17.8 Å². The van der Waals surface area contributed by atoms with E-state index in [0.29, 0.717) is 0 Å². The van der Waals surface area contributed by atoms with Crippen LogP contribution < -0.4 is 0 Å². The van der Waals surface area contributed by atoms with Crippen LogP contribution in [0.2, 0.25) is 0 Å². The predicted octanol–water partition coefficient (Wildman–Crippen LogP) is 3.12. The summed E-state index contributed by atoms with van der Waals surface area (Å²) < 4.78 is 38.5. The SMILES string of the molecule is N#CCc1ncc(CBr)c(C(F)F)c1F. The Labute approximate surface area is 92.9 Å². The van der Waals surface area contributed by atoms with Crippen LogP contribution in [0.4, 0.5) is 13.2 Å². The van der Waals surface area contributed by atoms with E-state index in [2.05, 4.69) is 20.9 Å². The van der Waals surface area contributed by atoms with Crippen LogP contribution in [0, 0.1) is 17.1 Å². The molecule has 0 aliphatic rings. The molecule has 0 bridgehead atoms. The molecule has 0 amide bonds. The lowest BCUT2D eigenvalue weighted by atomic mass is 10.1. The van der Waals surface area contributed by atoms with Gasteiger partial charge in [-0.15, -0.1) is 0 Å². The van der Waals surface area contributed by atoms with Gasteiger partial charge in [-0.1, -0.05) is 15.9 Å². The lowest BCUT2D eigenvalue weighted by Crippen LogP contribution is -2.04. The van der Waals surface area contributed by atoms with Crippen molar-refractivity contribution in [2.24, 2.45) is 0 Å². The van der Waals surface area contributed by atoms with E-state index in [0.717, 1.165) is 6.20 Å². The number of nitriles is 1. The Bertz CT molecular complexity index is 401. The zero-order chi connectivity index (χ0) is 11.4. The Kier molecular flexibility index (Phi) is 4.09. The molecule has 1 heterocycles. The summed E-state index contributed by atoms with van der Waals surface area (Å²) in [6.07, 6.45) is -2.06. The van der Waals surface area contributed by atoms with Crippen LogP contribution in [0.15, 0.2) is 6.20 Å². The maximum Gasteiger partial charge on any atom is 0.267 e. The first kappa shape index (κ1) is 12.0. The summed E-state index contributed by atoms with van der Waals surface area (Å²) >= 11 is 2.97. The summed E-state index contributed by atoms with van der Waals surface area (Å²) in [5, 5.41) is 8.45. The summed E-state index contributed by atoms with van der Waals surface area (Å²) in [4.78, 5) is 3.62. The first-order valence-corrected chi connectivity index (χ1v) is 5.11. The normalized spacial score (nSPS) is 10.4. The number of halogens is 4. The summed E-state index contributed by atoms with van der Waals surface area (Å²) in [7, 11) is 0. The minimum Gasteiger partial charge on any atom is -0.257 e. The zero-order valence-corrected chi connectivity index (χ0v) is 9.06. The maximum atomic E-state index is 13.4. The number of hydrogen-bond donors (Lipinski definition) is 0. The van der Waals surface area contributed by atoms with Gasteiger partial charge in [-0.3, -0.25) is 4.98 Å². The minimum absolute atomic E-state index is 0.101. The highest BCUT2D eigenvalue weighted by atomic mass is 79.9. The van der Waals surface area contributed by atoms with Crippen molar-refractivity contribution >= 4 is 15.9 Å². The predicted molar refractivity (Wildman–Crippen MR) is 51.1 cm³/mol. The third-order valence-corrected chi connectivity index (χ3v) is 2.42. The molecule has 0 spiro atoms. The van der Waals surface area contributed by atoms with Crippen molar-refractivity contribution in [3.05, 3.63) is 28.8 Å². The Morgan fingerprint density at radius 2 is 2.20 bits per heavy atom. The van der Waals surface area contributed by atoms with Gasteiger partial charge >= 0.3 is 0 Å². The first-order chi connectivity index (χ1) is 7.11. The van der Waals surface area contributed by atoms with Crippen molar-refractivity contribution in [2.45, 2.75) is 18.2 Å². The lowest BCUT2D eigenvalue weighted by molar-refractivity contribution is 0.145. The fourth-order valence-electron chi connectivity index (χ4n) is 1.12. The van der Waals surface area contributed by atoms with Gasteiger partial charge in [-0.25, -0.2) is 13.2 Å². The molecule has 0 fully saturated rings. The molecular formula is C9H6BrF3N2. The molecule has 1 aromatic rings. The average Bonchev–Trinajstić information content (AvgIpc) is 2.20. The largest absolute Gasteiger partial charge is 0.267 e. The number of alkyl halides is 3. The lowest BCUT2D eigenvalue weighted by Gasteiger charge is -2.09. The fraction of sp³-hybridized carbons (Fsp3) is 0.333. The Balaban J connectivity index is 3.30. The standard InChI is InChI=1S/C9H6BrF3N2/c10-3-5-4-15-6(1-2-14)8(11)7(5)9(12)13/h4,9H,1,3H2. The summed E-state index contributed by atoms with van der Waals surface area (Å²) in [5.74, 6) is -1.08. The van der Waals surface area contributed by atoms with Gasteiger partial charge in [0.15, 0.2) is 5.82 Å². The molecule has 0 radical (unpaired) electrons. The van der Waals surface area contributed by atoms with Crippen molar-refractivity contribution in [1.29, 1.82) is 5.26 Å². The summed E-state index contributed by atoms with van der Waals surface area (Å²) in [6.45, 7) is 0. The van der Waals surface area contributed by atoms with Gasteiger partial charge in [0.2, 0.25) is 0 Å². The second kappa shape index (κ2) is 5.12. The Hall–Kier alpha value is -1.09. The number of nitrogens with zero attached hydrogens (tertiary/aromatic N) is 2. The molecular weight excluding hydrogens is 273 g/mol. The van der Waals surface area contributed by atoms with Crippen LogP contribution in [-0.2, 0) is 11.8 Å². The van der Waals surface area contributed by atoms with Crippen molar-refractivity contribution in [3.8, 4) is 6.07 Å². The molecule has 6 heteroatoms. The van der Waals surface area contributed by atoms with Crippen molar-refractivity contribution in [2.75, 3.05) is 0 Å². The van der Waals surface area contributed by atoms with Crippen LogP contribution in [-0.4, -0.2) is 4.98 Å². The first-order valence-electron chi connectivity index (χ1n) is 3.99. The van der Waals surface area contributed by atoms with Crippen molar-refractivity contribution in [1.82, 2.24) is 4.98 Å². The van der Waals surface area contributed by atoms with E-state index >= 15 is 0 Å². The molecule has 0 saturated heterocycles. The van der Waals surface area contributed by atoms with Crippen LogP contribution >= 0.6 is 15.9 Å². The summed E-state index contributed by atoms with van der Waals surface area (Å²) in [6, 6.07) is 1.67. The molecule has 0 atom stereocenters. The highest BCUT2D eigenvalue weighted by Crippen LogP contribution is 2.28. The van der Waals surface area contributed by atoms with Gasteiger partial charge < -0.3 is 0 Å². The van der Waals surface area contributed by atoms with Crippen LogP contribution in [0.1, 0.15) is 23.2 Å². The third kappa shape index (κ3) is 2.48. The molecule has 0 aromatic carbocycles. The van der Waals surface area contributed by atoms with Crippen molar-refractivity contribution in [3.63, 3.8) is 0 Å². The molecule has 2 nitrogen and oxygen atoms in total. The maximum absolute atomic E-state index is 13.4. The Morgan fingerprint density at radius 3 is 2.67 bits per heavy atom. The molecule has 15 heavy (non-hydrogen) atoms. The van der Waals surface area contributed by atoms with Gasteiger partial charge in [-0.2, -0.15) is 5.26 Å². The van der Waals surface area contributed by atoms with Gasteiger partial charge in [0.25, 0.3) is 6.43 Å². The van der Waals surface area contributed by atoms with Gasteiger partial charge in [0.1, 0.15) is 0 Å². The highest BCUT2D eigenvalue weighted by molar-refractivity contribution is 9.08. The summed E-state index contributed by atoms with van der Waals surface area (Å²) in [5.41, 5.74) is -0.811. The number of rotatable bonds is 3. The van der Waals surface area contributed by atoms with Gasteiger partial charge in [0.05, 0.1) is 23.7 Å². The minimum atomic E-state index is -2.90. The van der Waals surface area contributed by atoms with E-state index in [4.69, 9.17) is 5.26 Å². The van der Waals surface area contributed by atoms with Crippen LogP contribution in [0.3, 0.4) is 0 Å². The highest BCUT2D eigenvalue weighted by Gasteiger charge is 2.21. The molecule has 0 aliphatic heterocycles. The Morgan fingerprint density at radius 1 is 1.53 bits per heavy atom. The monoisotopic (exact) mass is 278 g/mol. The van der Waals surface area contributed by atoms with Gasteiger partial charge in [-0.05, 0) is 5.56 Å². The van der Waals surface area contributed by atoms with Gasteiger partial charge in [0, 0.05) is 11.5 Å². The van der Waals surface area contributed by atoms with E-state index in [1.54, 1.807) is 6.07 Å². The van der Waals surface area contributed by atoms with E-state index in [1.807, 2.05) is 0 Å². The molecule has 0 aliphatic carbocycles.